The van der Waals surface area contributed by atoms with Crippen LogP contribution < -0.4 is 9.47 Å². The first-order chi connectivity index (χ1) is 11.5. The van der Waals surface area contributed by atoms with Crippen LogP contribution in [0.3, 0.4) is 0 Å². The lowest BCUT2D eigenvalue weighted by atomic mass is 10.0. The first-order valence-electron chi connectivity index (χ1n) is 8.54. The zero-order valence-corrected chi connectivity index (χ0v) is 15.0. The van der Waals surface area contributed by atoms with Gasteiger partial charge in [0.2, 0.25) is 0 Å². The highest BCUT2D eigenvalue weighted by Gasteiger charge is 2.34. The molecule has 1 aliphatic rings. The fraction of sp³-hybridized carbons (Fsp3) is 0.611. The number of ether oxygens (including phenoxy) is 2. The Morgan fingerprint density at radius 2 is 2.00 bits per heavy atom. The lowest BCUT2D eigenvalue weighted by Gasteiger charge is -2.40. The highest BCUT2D eigenvalue weighted by molar-refractivity contribution is 5.77. The van der Waals surface area contributed by atoms with Gasteiger partial charge < -0.3 is 19.5 Å². The summed E-state index contributed by atoms with van der Waals surface area (Å²) in [5, 5.41) is 9.85. The quantitative estimate of drug-likeness (QED) is 0.824. The normalized spacial score (nSPS) is 20.6. The minimum Gasteiger partial charge on any atom is -0.494 e. The molecule has 1 heterocycles. The Morgan fingerprint density at radius 1 is 1.29 bits per heavy atom. The maximum atomic E-state index is 12.0. The number of hydrogen-bond donors (Lipinski definition) is 1. The number of aliphatic carboxylic acids is 1. The summed E-state index contributed by atoms with van der Waals surface area (Å²) in [6.45, 7) is 9.25. The Kier molecular flexibility index (Phi) is 6.45. The molecule has 0 bridgehead atoms. The van der Waals surface area contributed by atoms with Crippen LogP contribution in [0.15, 0.2) is 18.2 Å². The van der Waals surface area contributed by atoms with Gasteiger partial charge in [-0.05, 0) is 40.0 Å². The number of carboxylic acid groups (broad SMARTS) is 1. The van der Waals surface area contributed by atoms with Gasteiger partial charge in [-0.1, -0.05) is 0 Å². The molecule has 6 nitrogen and oxygen atoms in total. The standard InChI is InChI=1S/C18H28N2O4/c1-5-23-14-7-8-15(16(11-14)24-6-2)17(18(21)22)20-10-9-19(4)13(3)12-20/h7-8,11,13,17H,5-6,9-10,12H2,1-4H3,(H,21,22). The molecule has 1 aromatic rings. The van der Waals surface area contributed by atoms with E-state index in [0.29, 0.717) is 42.9 Å². The van der Waals surface area contributed by atoms with Gasteiger partial charge in [0.15, 0.2) is 0 Å². The lowest BCUT2D eigenvalue weighted by Crippen LogP contribution is -2.52. The molecule has 24 heavy (non-hydrogen) atoms. The van der Waals surface area contributed by atoms with Crippen molar-refractivity contribution in [3.05, 3.63) is 23.8 Å². The topological polar surface area (TPSA) is 62.2 Å². The summed E-state index contributed by atoms with van der Waals surface area (Å²) in [5.41, 5.74) is 0.685. The molecular formula is C18H28N2O4. The molecule has 1 aromatic carbocycles. The molecule has 0 radical (unpaired) electrons. The number of carbonyl (C=O) groups is 1. The van der Waals surface area contributed by atoms with Crippen LogP contribution >= 0.6 is 0 Å². The Balaban J connectivity index is 2.34. The fourth-order valence-electron chi connectivity index (χ4n) is 3.07. The van der Waals surface area contributed by atoms with Crippen LogP contribution in [-0.2, 0) is 4.79 Å². The fourth-order valence-corrected chi connectivity index (χ4v) is 3.07. The van der Waals surface area contributed by atoms with Crippen molar-refractivity contribution in [3.63, 3.8) is 0 Å². The van der Waals surface area contributed by atoms with Crippen LogP contribution in [-0.4, -0.2) is 66.8 Å². The van der Waals surface area contributed by atoms with Crippen LogP contribution in [0.5, 0.6) is 11.5 Å². The Hall–Kier alpha value is -1.79. The van der Waals surface area contributed by atoms with E-state index in [0.717, 1.165) is 13.1 Å². The number of carboxylic acids is 1. The van der Waals surface area contributed by atoms with Gasteiger partial charge in [0, 0.05) is 37.3 Å². The monoisotopic (exact) mass is 336 g/mol. The summed E-state index contributed by atoms with van der Waals surface area (Å²) in [7, 11) is 2.07. The van der Waals surface area contributed by atoms with E-state index in [1.54, 1.807) is 6.07 Å². The molecule has 1 fully saturated rings. The second kappa shape index (κ2) is 8.35. The molecule has 0 aliphatic carbocycles. The predicted octanol–water partition coefficient (Wildman–Crippen LogP) is 2.25. The minimum absolute atomic E-state index is 0.318. The highest BCUT2D eigenvalue weighted by Crippen LogP contribution is 2.34. The molecular weight excluding hydrogens is 308 g/mol. The average molecular weight is 336 g/mol. The molecule has 0 spiro atoms. The van der Waals surface area contributed by atoms with Gasteiger partial charge >= 0.3 is 5.97 Å². The second-order valence-electron chi connectivity index (χ2n) is 6.13. The molecule has 1 aliphatic heterocycles. The van der Waals surface area contributed by atoms with Gasteiger partial charge in [0.25, 0.3) is 0 Å². The van der Waals surface area contributed by atoms with E-state index in [4.69, 9.17) is 9.47 Å². The first-order valence-corrected chi connectivity index (χ1v) is 8.54. The molecule has 0 amide bonds. The van der Waals surface area contributed by atoms with E-state index in [9.17, 15) is 9.90 Å². The predicted molar refractivity (Wildman–Crippen MR) is 92.8 cm³/mol. The van der Waals surface area contributed by atoms with Crippen molar-refractivity contribution in [2.45, 2.75) is 32.9 Å². The van der Waals surface area contributed by atoms with E-state index in [1.807, 2.05) is 30.9 Å². The van der Waals surface area contributed by atoms with Gasteiger partial charge in [0.05, 0.1) is 13.2 Å². The van der Waals surface area contributed by atoms with Gasteiger partial charge in [0.1, 0.15) is 17.5 Å². The van der Waals surface area contributed by atoms with Crippen molar-refractivity contribution in [1.29, 1.82) is 0 Å². The van der Waals surface area contributed by atoms with E-state index in [1.165, 1.54) is 0 Å². The van der Waals surface area contributed by atoms with Crippen molar-refractivity contribution in [2.24, 2.45) is 0 Å². The van der Waals surface area contributed by atoms with E-state index >= 15 is 0 Å². The van der Waals surface area contributed by atoms with Gasteiger partial charge in [-0.25, -0.2) is 0 Å². The smallest absolute Gasteiger partial charge is 0.325 e. The molecule has 2 rings (SSSR count). The van der Waals surface area contributed by atoms with E-state index in [2.05, 4.69) is 18.9 Å². The zero-order chi connectivity index (χ0) is 17.7. The maximum absolute atomic E-state index is 12.0. The van der Waals surface area contributed by atoms with Gasteiger partial charge in [-0.2, -0.15) is 0 Å². The van der Waals surface area contributed by atoms with Crippen LogP contribution in [0, 0.1) is 0 Å². The number of hydrogen-bond acceptors (Lipinski definition) is 5. The van der Waals surface area contributed by atoms with Crippen molar-refractivity contribution >= 4 is 5.97 Å². The summed E-state index contributed by atoms with van der Waals surface area (Å²) >= 11 is 0. The maximum Gasteiger partial charge on any atom is 0.325 e. The number of benzene rings is 1. The molecule has 2 unspecified atom stereocenters. The van der Waals surface area contributed by atoms with Crippen molar-refractivity contribution in [1.82, 2.24) is 9.80 Å². The van der Waals surface area contributed by atoms with Gasteiger partial charge in [-0.3, -0.25) is 9.69 Å². The summed E-state index contributed by atoms with van der Waals surface area (Å²) in [6.07, 6.45) is 0. The van der Waals surface area contributed by atoms with Crippen molar-refractivity contribution < 1.29 is 19.4 Å². The third kappa shape index (κ3) is 4.19. The number of rotatable bonds is 7. The Morgan fingerprint density at radius 3 is 2.58 bits per heavy atom. The van der Waals surface area contributed by atoms with Crippen molar-refractivity contribution in [3.8, 4) is 11.5 Å². The first kappa shape index (κ1) is 18.5. The van der Waals surface area contributed by atoms with Crippen LogP contribution in [0.25, 0.3) is 0 Å². The van der Waals surface area contributed by atoms with Crippen LogP contribution in [0.4, 0.5) is 0 Å². The van der Waals surface area contributed by atoms with Crippen LogP contribution in [0.1, 0.15) is 32.4 Å². The summed E-state index contributed by atoms with van der Waals surface area (Å²) in [4.78, 5) is 16.3. The van der Waals surface area contributed by atoms with Crippen LogP contribution in [0.2, 0.25) is 0 Å². The second-order valence-corrected chi connectivity index (χ2v) is 6.13. The van der Waals surface area contributed by atoms with Gasteiger partial charge in [-0.15, -0.1) is 0 Å². The lowest BCUT2D eigenvalue weighted by molar-refractivity contribution is -0.144. The summed E-state index contributed by atoms with van der Waals surface area (Å²) < 4.78 is 11.2. The third-order valence-corrected chi connectivity index (χ3v) is 4.48. The average Bonchev–Trinajstić information content (AvgIpc) is 2.53. The highest BCUT2D eigenvalue weighted by atomic mass is 16.5. The summed E-state index contributed by atoms with van der Waals surface area (Å²) in [6, 6.07) is 5.03. The molecule has 0 aromatic heterocycles. The largest absolute Gasteiger partial charge is 0.494 e. The number of nitrogens with zero attached hydrogens (tertiary/aromatic N) is 2. The van der Waals surface area contributed by atoms with Crippen molar-refractivity contribution in [2.75, 3.05) is 39.9 Å². The summed E-state index contributed by atoms with van der Waals surface area (Å²) in [5.74, 6) is 0.430. The Bertz CT molecular complexity index is 564. The molecule has 1 N–H and O–H groups in total. The van der Waals surface area contributed by atoms with E-state index < -0.39 is 12.0 Å². The molecule has 0 saturated carbocycles. The molecule has 2 atom stereocenters. The Labute approximate surface area is 144 Å². The third-order valence-electron chi connectivity index (χ3n) is 4.48. The zero-order valence-electron chi connectivity index (χ0n) is 15.0. The number of piperazine rings is 1. The van der Waals surface area contributed by atoms with E-state index in [-0.39, 0.29) is 0 Å². The molecule has 6 heteroatoms. The minimum atomic E-state index is -0.850. The molecule has 1 saturated heterocycles. The number of likely N-dealkylation sites (N-methyl/N-ethyl adjacent to an activating group) is 1. The SMILES string of the molecule is CCOc1ccc(C(C(=O)O)N2CCN(C)C(C)C2)c(OCC)c1. The molecule has 134 valence electrons.